The van der Waals surface area contributed by atoms with Gasteiger partial charge in [-0.25, -0.2) is 0 Å². The first-order valence-electron chi connectivity index (χ1n) is 10.8. The summed E-state index contributed by atoms with van der Waals surface area (Å²) in [5, 5.41) is 0. The number of hydrogen-bond donors (Lipinski definition) is 0. The molecule has 0 unspecified atom stereocenters. The molecule has 0 N–H and O–H groups in total. The van der Waals surface area contributed by atoms with Crippen LogP contribution < -0.4 is 0 Å². The molecule has 0 nitrogen and oxygen atoms in total. The van der Waals surface area contributed by atoms with Crippen molar-refractivity contribution in [3.63, 3.8) is 0 Å². The van der Waals surface area contributed by atoms with Gasteiger partial charge in [0, 0.05) is 0 Å². The Morgan fingerprint density at radius 2 is 0.774 bits per heavy atom. The first-order chi connectivity index (χ1) is 15.4. The van der Waals surface area contributed by atoms with Crippen LogP contribution in [0.3, 0.4) is 0 Å². The van der Waals surface area contributed by atoms with E-state index < -0.39 is 0 Å². The molecule has 0 fully saturated rings. The lowest BCUT2D eigenvalue weighted by molar-refractivity contribution is 1.07. The largest absolute Gasteiger partial charge is 0.0622 e. The summed E-state index contributed by atoms with van der Waals surface area (Å²) in [5.74, 6) is 2.72. The highest BCUT2D eigenvalue weighted by molar-refractivity contribution is 5.82. The van der Waals surface area contributed by atoms with Crippen LogP contribution in [-0.2, 0) is 0 Å². The van der Waals surface area contributed by atoms with Crippen LogP contribution in [0.4, 0.5) is 0 Å². The number of fused-ring (bicyclic) bond motifs is 2. The van der Waals surface area contributed by atoms with Crippen molar-refractivity contribution in [1.29, 1.82) is 0 Å². The molecule has 146 valence electrons. The Labute approximate surface area is 184 Å². The quantitative estimate of drug-likeness (QED) is 0.336. The van der Waals surface area contributed by atoms with Gasteiger partial charge in [-0.2, -0.15) is 0 Å². The molecule has 31 heavy (non-hydrogen) atoms. The van der Waals surface area contributed by atoms with Gasteiger partial charge in [-0.1, -0.05) is 121 Å². The minimum absolute atomic E-state index is 0.914. The predicted molar refractivity (Wildman–Crippen MR) is 129 cm³/mol. The van der Waals surface area contributed by atoms with Gasteiger partial charge in [0.25, 0.3) is 0 Å². The zero-order valence-corrected chi connectivity index (χ0v) is 17.3. The molecule has 0 heterocycles. The van der Waals surface area contributed by atoms with Crippen molar-refractivity contribution in [3.05, 3.63) is 166 Å². The highest BCUT2D eigenvalue weighted by Crippen LogP contribution is 2.48. The Bertz CT molecular complexity index is 1190. The van der Waals surface area contributed by atoms with Crippen LogP contribution in [0.5, 0.6) is 0 Å². The summed E-state index contributed by atoms with van der Waals surface area (Å²) in [5.41, 5.74) is 10.6. The van der Waals surface area contributed by atoms with Crippen molar-refractivity contribution in [2.75, 3.05) is 0 Å². The van der Waals surface area contributed by atoms with Crippen molar-refractivity contribution in [2.45, 2.75) is 6.42 Å². The van der Waals surface area contributed by atoms with Crippen LogP contribution in [0.25, 0.3) is 12.2 Å². The summed E-state index contributed by atoms with van der Waals surface area (Å²) in [4.78, 5) is 0. The molecule has 2 aliphatic rings. The fraction of sp³-hybridized carbons (Fsp3) is 0.0323. The van der Waals surface area contributed by atoms with E-state index >= 15 is 0 Å². The van der Waals surface area contributed by atoms with Gasteiger partial charge in [0.15, 0.2) is 0 Å². The summed E-state index contributed by atoms with van der Waals surface area (Å²) in [7, 11) is 0. The molecule has 0 aliphatic heterocycles. The van der Waals surface area contributed by atoms with E-state index in [0.717, 1.165) is 6.42 Å². The summed E-state index contributed by atoms with van der Waals surface area (Å²) in [6.45, 7) is 0. The minimum Gasteiger partial charge on any atom is -0.0622 e. The first kappa shape index (κ1) is 18.2. The molecule has 0 atom stereocenters. The molecule has 6 rings (SSSR count). The lowest BCUT2D eigenvalue weighted by Crippen LogP contribution is -2.07. The van der Waals surface area contributed by atoms with E-state index in [0.29, 0.717) is 0 Å². The SMILES string of the molecule is C1=C(CC2=Cc3ccccc3[C]2c2ccccc2)[C](c2ccccc2)c2ccccc21. The van der Waals surface area contributed by atoms with Gasteiger partial charge in [0.1, 0.15) is 0 Å². The Hall–Kier alpha value is -3.64. The molecule has 2 radical (unpaired) electrons. The molecule has 4 aromatic rings. The summed E-state index contributed by atoms with van der Waals surface area (Å²) in [6.07, 6.45) is 5.67. The normalized spacial score (nSPS) is 15.4. The van der Waals surface area contributed by atoms with Gasteiger partial charge in [-0.15, -0.1) is 0 Å². The number of allylic oxidation sites excluding steroid dienone is 2. The number of rotatable bonds is 4. The van der Waals surface area contributed by atoms with Crippen LogP contribution in [0, 0.1) is 11.8 Å². The lowest BCUT2D eigenvalue weighted by atomic mass is 9.81. The minimum atomic E-state index is 0.914. The molecule has 0 heteroatoms. The molecule has 2 aliphatic carbocycles. The van der Waals surface area contributed by atoms with E-state index in [4.69, 9.17) is 0 Å². The molecule has 0 saturated carbocycles. The fourth-order valence-electron chi connectivity index (χ4n) is 4.94. The molecule has 0 amide bonds. The number of benzene rings is 4. The van der Waals surface area contributed by atoms with Gasteiger partial charge >= 0.3 is 0 Å². The zero-order valence-electron chi connectivity index (χ0n) is 17.3. The third-order valence-electron chi connectivity index (χ3n) is 6.27. The topological polar surface area (TPSA) is 0 Å². The zero-order chi connectivity index (χ0) is 20.6. The molecular formula is C31H22. The Morgan fingerprint density at radius 1 is 0.387 bits per heavy atom. The highest BCUT2D eigenvalue weighted by atomic mass is 14.3. The van der Waals surface area contributed by atoms with E-state index in [9.17, 15) is 0 Å². The average Bonchev–Trinajstić information content (AvgIpc) is 3.38. The second kappa shape index (κ2) is 7.56. The second-order valence-corrected chi connectivity index (χ2v) is 8.17. The molecule has 4 aromatic carbocycles. The molecule has 0 aromatic heterocycles. The third kappa shape index (κ3) is 3.16. The van der Waals surface area contributed by atoms with Crippen LogP contribution in [0.2, 0.25) is 0 Å². The van der Waals surface area contributed by atoms with Crippen molar-refractivity contribution in [2.24, 2.45) is 0 Å². The van der Waals surface area contributed by atoms with Crippen LogP contribution >= 0.6 is 0 Å². The van der Waals surface area contributed by atoms with E-state index in [2.05, 4.69) is 121 Å². The Kier molecular flexibility index (Phi) is 4.43. The standard InChI is InChI=1S/C31H22/c1-3-11-22(12-4-1)30-26(19-24-15-7-9-17-28(24)30)21-27-20-25-16-8-10-18-29(25)31(27)23-13-5-2-6-14-23/h1-20H,21H2. The van der Waals surface area contributed by atoms with Gasteiger partial charge in [-0.05, 0) is 50.9 Å². The molecule has 0 bridgehead atoms. The smallest absolute Gasteiger partial charge is 0.0598 e. The Morgan fingerprint density at radius 3 is 1.23 bits per heavy atom. The average molecular weight is 395 g/mol. The van der Waals surface area contributed by atoms with E-state index in [1.165, 1.54) is 56.4 Å². The lowest BCUT2D eigenvalue weighted by Gasteiger charge is -2.21. The summed E-state index contributed by atoms with van der Waals surface area (Å²) < 4.78 is 0. The van der Waals surface area contributed by atoms with Crippen molar-refractivity contribution < 1.29 is 0 Å². The molecular weight excluding hydrogens is 372 g/mol. The van der Waals surface area contributed by atoms with Gasteiger partial charge < -0.3 is 0 Å². The summed E-state index contributed by atoms with van der Waals surface area (Å²) >= 11 is 0. The maximum atomic E-state index is 2.38. The summed E-state index contributed by atoms with van der Waals surface area (Å²) in [6, 6.07) is 39.1. The van der Waals surface area contributed by atoms with Gasteiger partial charge in [0.05, 0.1) is 11.8 Å². The van der Waals surface area contributed by atoms with Crippen molar-refractivity contribution in [3.8, 4) is 0 Å². The molecule has 0 spiro atoms. The van der Waals surface area contributed by atoms with Crippen LogP contribution in [-0.4, -0.2) is 0 Å². The Balaban J connectivity index is 1.43. The number of hydrogen-bond acceptors (Lipinski definition) is 0. The maximum Gasteiger partial charge on any atom is 0.0598 e. The highest BCUT2D eigenvalue weighted by Gasteiger charge is 2.32. The van der Waals surface area contributed by atoms with E-state index in [-0.39, 0.29) is 0 Å². The van der Waals surface area contributed by atoms with Crippen LogP contribution in [0.15, 0.2) is 120 Å². The van der Waals surface area contributed by atoms with Crippen molar-refractivity contribution in [1.82, 2.24) is 0 Å². The predicted octanol–water partition coefficient (Wildman–Crippen LogP) is 7.51. The van der Waals surface area contributed by atoms with Crippen molar-refractivity contribution >= 4 is 12.2 Å². The van der Waals surface area contributed by atoms with E-state index in [1.807, 2.05) is 0 Å². The van der Waals surface area contributed by atoms with E-state index in [1.54, 1.807) is 0 Å². The monoisotopic (exact) mass is 394 g/mol. The van der Waals surface area contributed by atoms with Gasteiger partial charge in [0.2, 0.25) is 0 Å². The first-order valence-corrected chi connectivity index (χ1v) is 10.8. The second-order valence-electron chi connectivity index (χ2n) is 8.17. The maximum absolute atomic E-state index is 2.38. The van der Waals surface area contributed by atoms with Crippen LogP contribution in [0.1, 0.15) is 39.8 Å². The van der Waals surface area contributed by atoms with Gasteiger partial charge in [-0.3, -0.25) is 0 Å². The third-order valence-corrected chi connectivity index (χ3v) is 6.27. The molecule has 0 saturated heterocycles. The fourth-order valence-corrected chi connectivity index (χ4v) is 4.94.